The minimum atomic E-state index is -0.929. The molecule has 0 saturated carbocycles. The lowest BCUT2D eigenvalue weighted by molar-refractivity contribution is -0.132. The molecule has 0 aromatic heterocycles. The molecular weight excluding hydrogens is 334 g/mol. The van der Waals surface area contributed by atoms with E-state index in [1.54, 1.807) is 13.8 Å². The number of nitrogens with zero attached hydrogens (tertiary/aromatic N) is 1. The minimum Gasteiger partial charge on any atom is -0.345 e. The first-order valence-electron chi connectivity index (χ1n) is 6.07. The molecule has 1 heterocycles. The van der Waals surface area contributed by atoms with Gasteiger partial charge in [0.15, 0.2) is 11.6 Å². The van der Waals surface area contributed by atoms with Crippen molar-refractivity contribution in [1.82, 2.24) is 5.32 Å². The van der Waals surface area contributed by atoms with Crippen LogP contribution in [-0.4, -0.2) is 24.4 Å². The topological polar surface area (TPSA) is 49.4 Å². The van der Waals surface area contributed by atoms with Gasteiger partial charge in [-0.15, -0.1) is 0 Å². The molecule has 1 unspecified atom stereocenters. The van der Waals surface area contributed by atoms with Crippen molar-refractivity contribution in [2.24, 2.45) is 5.92 Å². The van der Waals surface area contributed by atoms with Crippen LogP contribution in [0.2, 0.25) is 0 Å². The largest absolute Gasteiger partial charge is 0.345 e. The van der Waals surface area contributed by atoms with E-state index in [4.69, 9.17) is 0 Å². The van der Waals surface area contributed by atoms with E-state index in [1.807, 2.05) is 0 Å². The summed E-state index contributed by atoms with van der Waals surface area (Å²) in [5, 5.41) is 2.43. The third-order valence-electron chi connectivity index (χ3n) is 3.08. The van der Waals surface area contributed by atoms with Crippen molar-refractivity contribution in [1.29, 1.82) is 0 Å². The van der Waals surface area contributed by atoms with Crippen LogP contribution in [0.1, 0.15) is 13.8 Å². The summed E-state index contributed by atoms with van der Waals surface area (Å²) in [6.07, 6.45) is 0. The van der Waals surface area contributed by atoms with Crippen molar-refractivity contribution >= 4 is 33.4 Å². The van der Waals surface area contributed by atoms with Gasteiger partial charge >= 0.3 is 0 Å². The predicted molar refractivity (Wildman–Crippen MR) is 73.2 cm³/mol. The number of hydrogen-bond acceptors (Lipinski definition) is 2. The van der Waals surface area contributed by atoms with Gasteiger partial charge < -0.3 is 5.32 Å². The molecule has 1 aromatic rings. The highest BCUT2D eigenvalue weighted by molar-refractivity contribution is 9.10. The van der Waals surface area contributed by atoms with Crippen LogP contribution in [-0.2, 0) is 9.59 Å². The normalized spacial score (nSPS) is 19.5. The lowest BCUT2D eigenvalue weighted by Crippen LogP contribution is -2.61. The van der Waals surface area contributed by atoms with Crippen LogP contribution in [0.25, 0.3) is 0 Å². The maximum absolute atomic E-state index is 14.0. The lowest BCUT2D eigenvalue weighted by Gasteiger charge is -2.37. The number of halogens is 3. The lowest BCUT2D eigenvalue weighted by atomic mass is 9.98. The molecule has 1 aliphatic rings. The van der Waals surface area contributed by atoms with Crippen LogP contribution >= 0.6 is 15.9 Å². The molecule has 0 radical (unpaired) electrons. The second-order valence-electron chi connectivity index (χ2n) is 4.89. The summed E-state index contributed by atoms with van der Waals surface area (Å²) < 4.78 is 28.3. The Kier molecular flexibility index (Phi) is 4.08. The monoisotopic (exact) mass is 346 g/mol. The number of hydrogen-bond donors (Lipinski definition) is 1. The van der Waals surface area contributed by atoms with Gasteiger partial charge in [0.25, 0.3) is 0 Å². The van der Waals surface area contributed by atoms with E-state index in [9.17, 15) is 18.4 Å². The fourth-order valence-corrected chi connectivity index (χ4v) is 2.66. The van der Waals surface area contributed by atoms with Crippen molar-refractivity contribution in [3.05, 3.63) is 28.2 Å². The minimum absolute atomic E-state index is 0.228. The first-order chi connectivity index (χ1) is 9.32. The SMILES string of the molecule is CC(C)C1C(=O)NCC(=O)N1c1c(F)cc(Br)cc1F. The third kappa shape index (κ3) is 2.54. The highest BCUT2D eigenvalue weighted by Gasteiger charge is 2.40. The fourth-order valence-electron chi connectivity index (χ4n) is 2.25. The molecule has 20 heavy (non-hydrogen) atoms. The van der Waals surface area contributed by atoms with Crippen LogP contribution in [0.3, 0.4) is 0 Å². The Hall–Kier alpha value is -1.50. The number of piperazine rings is 1. The average Bonchev–Trinajstić information content (AvgIpc) is 2.31. The van der Waals surface area contributed by atoms with Crippen LogP contribution in [0.15, 0.2) is 16.6 Å². The number of nitrogens with one attached hydrogen (secondary N) is 1. The highest BCUT2D eigenvalue weighted by Crippen LogP contribution is 2.31. The number of benzene rings is 1. The van der Waals surface area contributed by atoms with Crippen molar-refractivity contribution in [3.63, 3.8) is 0 Å². The van der Waals surface area contributed by atoms with Gasteiger partial charge in [-0.25, -0.2) is 8.78 Å². The maximum Gasteiger partial charge on any atom is 0.247 e. The molecule has 4 nitrogen and oxygen atoms in total. The van der Waals surface area contributed by atoms with Crippen molar-refractivity contribution in [2.45, 2.75) is 19.9 Å². The van der Waals surface area contributed by atoms with Gasteiger partial charge in [0, 0.05) is 4.47 Å². The summed E-state index contributed by atoms with van der Waals surface area (Å²) in [4.78, 5) is 24.8. The quantitative estimate of drug-likeness (QED) is 0.892. The molecule has 2 amide bonds. The smallest absolute Gasteiger partial charge is 0.247 e. The van der Waals surface area contributed by atoms with Gasteiger partial charge in [0.1, 0.15) is 11.7 Å². The Balaban J connectivity index is 2.57. The van der Waals surface area contributed by atoms with Crippen LogP contribution < -0.4 is 10.2 Å². The predicted octanol–water partition coefficient (Wildman–Crippen LogP) is 2.21. The second-order valence-corrected chi connectivity index (χ2v) is 5.80. The standard InChI is InChI=1S/C13H13BrF2N2O2/c1-6(2)11-13(20)17-5-10(19)18(11)12-8(15)3-7(14)4-9(12)16/h3-4,6,11H,5H2,1-2H3,(H,17,20). The third-order valence-corrected chi connectivity index (χ3v) is 3.54. The second kappa shape index (κ2) is 5.47. The molecule has 0 aliphatic carbocycles. The molecule has 1 atom stereocenters. The summed E-state index contributed by atoms with van der Waals surface area (Å²) in [6, 6.07) is 1.20. The zero-order valence-electron chi connectivity index (χ0n) is 10.9. The molecule has 2 rings (SSSR count). The molecule has 1 N–H and O–H groups in total. The maximum atomic E-state index is 14.0. The fraction of sp³-hybridized carbons (Fsp3) is 0.385. The number of rotatable bonds is 2. The Labute approximate surface area is 123 Å². The summed E-state index contributed by atoms with van der Waals surface area (Å²) in [5.74, 6) is -3.00. The molecular formula is C13H13BrF2N2O2. The molecule has 1 fully saturated rings. The van der Waals surface area contributed by atoms with E-state index < -0.39 is 35.2 Å². The summed E-state index contributed by atoms with van der Waals surface area (Å²) >= 11 is 2.98. The van der Waals surface area contributed by atoms with Crippen molar-refractivity contribution in [3.8, 4) is 0 Å². The molecule has 1 aliphatic heterocycles. The Morgan fingerprint density at radius 2 is 1.85 bits per heavy atom. The van der Waals surface area contributed by atoms with Gasteiger partial charge in [0.05, 0.1) is 6.54 Å². The molecule has 7 heteroatoms. The van der Waals surface area contributed by atoms with E-state index in [0.717, 1.165) is 17.0 Å². The number of carbonyl (C=O) groups is 2. The molecule has 0 bridgehead atoms. The van der Waals surface area contributed by atoms with E-state index in [0.29, 0.717) is 0 Å². The zero-order valence-corrected chi connectivity index (χ0v) is 12.5. The molecule has 1 aromatic carbocycles. The average molecular weight is 347 g/mol. The van der Waals surface area contributed by atoms with Crippen molar-refractivity contribution in [2.75, 3.05) is 11.4 Å². The van der Waals surface area contributed by atoms with Crippen LogP contribution in [0.5, 0.6) is 0 Å². The number of amides is 2. The van der Waals surface area contributed by atoms with Crippen LogP contribution in [0, 0.1) is 17.6 Å². The van der Waals surface area contributed by atoms with E-state index >= 15 is 0 Å². The Bertz CT molecular complexity index is 554. The van der Waals surface area contributed by atoms with Crippen molar-refractivity contribution < 1.29 is 18.4 Å². The Morgan fingerprint density at radius 1 is 1.30 bits per heavy atom. The Morgan fingerprint density at radius 3 is 2.35 bits per heavy atom. The summed E-state index contributed by atoms with van der Waals surface area (Å²) in [6.45, 7) is 3.16. The van der Waals surface area contributed by atoms with E-state index in [2.05, 4.69) is 21.2 Å². The van der Waals surface area contributed by atoms with Gasteiger partial charge in [-0.05, 0) is 18.1 Å². The van der Waals surface area contributed by atoms with Gasteiger partial charge in [0.2, 0.25) is 11.8 Å². The van der Waals surface area contributed by atoms with Gasteiger partial charge in [-0.2, -0.15) is 0 Å². The van der Waals surface area contributed by atoms with Gasteiger partial charge in [-0.1, -0.05) is 29.8 Å². The van der Waals surface area contributed by atoms with Crippen LogP contribution in [0.4, 0.5) is 14.5 Å². The first-order valence-corrected chi connectivity index (χ1v) is 6.86. The van der Waals surface area contributed by atoms with E-state index in [-0.39, 0.29) is 16.9 Å². The van der Waals surface area contributed by atoms with E-state index in [1.165, 1.54) is 0 Å². The van der Waals surface area contributed by atoms with Gasteiger partial charge in [-0.3, -0.25) is 14.5 Å². The highest BCUT2D eigenvalue weighted by atomic mass is 79.9. The molecule has 108 valence electrons. The summed E-state index contributed by atoms with van der Waals surface area (Å²) in [7, 11) is 0. The number of anilines is 1. The number of carbonyl (C=O) groups excluding carboxylic acids is 2. The first kappa shape index (κ1) is 14.9. The molecule has 1 saturated heterocycles. The molecule has 0 spiro atoms. The zero-order chi connectivity index (χ0) is 15.0. The summed E-state index contributed by atoms with van der Waals surface area (Å²) in [5.41, 5.74) is -0.480.